The lowest BCUT2D eigenvalue weighted by atomic mass is 10.1. The van der Waals surface area contributed by atoms with E-state index in [1.165, 1.54) is 0 Å². The van der Waals surface area contributed by atoms with E-state index in [1.807, 2.05) is 54.0 Å². The van der Waals surface area contributed by atoms with E-state index >= 15 is 0 Å². The molecule has 2 aromatic carbocycles. The van der Waals surface area contributed by atoms with Gasteiger partial charge in [-0.3, -0.25) is 9.89 Å². The fourth-order valence-electron chi connectivity index (χ4n) is 4.57. The number of carbonyl (C=O) groups is 1. The molecule has 30 heavy (non-hydrogen) atoms. The average molecular weight is 399 g/mol. The first kappa shape index (κ1) is 18.6. The second-order valence-corrected chi connectivity index (χ2v) is 8.25. The van der Waals surface area contributed by atoms with E-state index in [0.29, 0.717) is 12.3 Å². The zero-order chi connectivity index (χ0) is 20.5. The number of H-pyrrole nitrogens is 1. The van der Waals surface area contributed by atoms with Crippen LogP contribution in [0.25, 0.3) is 22.2 Å². The van der Waals surface area contributed by atoms with Gasteiger partial charge in [-0.2, -0.15) is 5.10 Å². The van der Waals surface area contributed by atoms with Crippen LogP contribution in [0, 0.1) is 5.92 Å². The molecule has 1 fully saturated rings. The highest BCUT2D eigenvalue weighted by Crippen LogP contribution is 2.28. The summed E-state index contributed by atoms with van der Waals surface area (Å²) < 4.78 is 2.22. The summed E-state index contributed by atoms with van der Waals surface area (Å²) in [6.45, 7) is 3.84. The van der Waals surface area contributed by atoms with Gasteiger partial charge in [-0.05, 0) is 42.5 Å². The highest BCUT2D eigenvalue weighted by atomic mass is 16.2. The van der Waals surface area contributed by atoms with Gasteiger partial charge in [-0.15, -0.1) is 0 Å². The molecule has 6 nitrogen and oxygen atoms in total. The Morgan fingerprint density at radius 3 is 2.83 bits per heavy atom. The molecule has 1 aliphatic heterocycles. The van der Waals surface area contributed by atoms with E-state index < -0.39 is 0 Å². The molecule has 1 saturated heterocycles. The number of amides is 1. The Kier molecular flexibility index (Phi) is 4.83. The predicted octanol–water partition coefficient (Wildman–Crippen LogP) is 3.91. The third-order valence-electron chi connectivity index (χ3n) is 6.09. The summed E-state index contributed by atoms with van der Waals surface area (Å²) in [5, 5.41) is 6.88. The van der Waals surface area contributed by atoms with Gasteiger partial charge in [-0.25, -0.2) is 4.98 Å². The summed E-state index contributed by atoms with van der Waals surface area (Å²) in [5.74, 6) is 0.655. The van der Waals surface area contributed by atoms with Gasteiger partial charge in [0.2, 0.25) is 5.91 Å². The number of aromatic nitrogens is 4. The first-order chi connectivity index (χ1) is 14.7. The Balaban J connectivity index is 1.28. The van der Waals surface area contributed by atoms with Crippen LogP contribution in [0.1, 0.15) is 18.9 Å². The molecule has 1 aliphatic rings. The van der Waals surface area contributed by atoms with Crippen molar-refractivity contribution >= 4 is 16.9 Å². The number of carbonyl (C=O) groups excluding carboxylic acids is 1. The molecule has 0 bridgehead atoms. The molecule has 1 amide bonds. The molecule has 0 aliphatic carbocycles. The van der Waals surface area contributed by atoms with Crippen molar-refractivity contribution < 1.29 is 4.79 Å². The van der Waals surface area contributed by atoms with Crippen LogP contribution in [0.2, 0.25) is 0 Å². The summed E-state index contributed by atoms with van der Waals surface area (Å²) in [7, 11) is 0. The second kappa shape index (κ2) is 7.78. The maximum absolute atomic E-state index is 12.8. The molecule has 2 aromatic heterocycles. The fraction of sp³-hybridized carbons (Fsp3) is 0.292. The summed E-state index contributed by atoms with van der Waals surface area (Å²) in [6, 6.07) is 16.6. The minimum Gasteiger partial charge on any atom is -0.339 e. The van der Waals surface area contributed by atoms with Crippen molar-refractivity contribution in [3.8, 4) is 11.1 Å². The molecule has 1 N–H and O–H groups in total. The van der Waals surface area contributed by atoms with Crippen molar-refractivity contribution in [3.63, 3.8) is 0 Å². The topological polar surface area (TPSA) is 66.8 Å². The van der Waals surface area contributed by atoms with Crippen LogP contribution in [-0.4, -0.2) is 43.1 Å². The Morgan fingerprint density at radius 2 is 2.03 bits per heavy atom. The normalized spacial score (nSPS) is 18.9. The molecule has 2 unspecified atom stereocenters. The number of fused-ring (bicyclic) bond motifs is 1. The molecule has 0 saturated carbocycles. The smallest absolute Gasteiger partial charge is 0.227 e. The molecule has 0 spiro atoms. The van der Waals surface area contributed by atoms with Crippen molar-refractivity contribution in [1.29, 1.82) is 0 Å². The van der Waals surface area contributed by atoms with Gasteiger partial charge in [0.1, 0.15) is 0 Å². The minimum atomic E-state index is 0.219. The van der Waals surface area contributed by atoms with Crippen molar-refractivity contribution in [1.82, 2.24) is 24.6 Å². The van der Waals surface area contributed by atoms with Crippen LogP contribution in [0.3, 0.4) is 0 Å². The maximum Gasteiger partial charge on any atom is 0.227 e. The number of nitrogens with one attached hydrogen (secondary N) is 1. The Morgan fingerprint density at radius 1 is 1.17 bits per heavy atom. The first-order valence-corrected chi connectivity index (χ1v) is 10.4. The highest BCUT2D eigenvalue weighted by Gasteiger charge is 2.32. The molecular weight excluding hydrogens is 374 g/mol. The molecule has 0 radical (unpaired) electrons. The zero-order valence-electron chi connectivity index (χ0n) is 17.0. The van der Waals surface area contributed by atoms with E-state index in [0.717, 1.165) is 47.2 Å². The second-order valence-electron chi connectivity index (χ2n) is 8.25. The number of likely N-dealkylation sites (tertiary alicyclic amines) is 1. The molecule has 2 atom stereocenters. The van der Waals surface area contributed by atoms with E-state index in [4.69, 9.17) is 0 Å². The van der Waals surface area contributed by atoms with E-state index in [2.05, 4.69) is 44.9 Å². The van der Waals surface area contributed by atoms with Crippen LogP contribution in [0.5, 0.6) is 0 Å². The summed E-state index contributed by atoms with van der Waals surface area (Å²) in [6.07, 6.45) is 7.12. The van der Waals surface area contributed by atoms with Crippen LogP contribution in [-0.2, 0) is 17.8 Å². The van der Waals surface area contributed by atoms with Crippen LogP contribution in [0.4, 0.5) is 0 Å². The van der Waals surface area contributed by atoms with Gasteiger partial charge in [0, 0.05) is 30.9 Å². The lowest BCUT2D eigenvalue weighted by molar-refractivity contribution is -0.131. The van der Waals surface area contributed by atoms with Gasteiger partial charge < -0.3 is 9.47 Å². The summed E-state index contributed by atoms with van der Waals surface area (Å²) in [5.41, 5.74) is 5.35. The molecule has 4 aromatic rings. The number of benzene rings is 2. The zero-order valence-corrected chi connectivity index (χ0v) is 17.0. The molecule has 5 rings (SSSR count). The van der Waals surface area contributed by atoms with Gasteiger partial charge in [-0.1, -0.05) is 36.4 Å². The SMILES string of the molecule is CC1CC(Cn2cnc3cc(-c4cn[nH]c4)ccc32)CN1C(=O)Cc1ccccc1. The Bertz CT molecular complexity index is 1150. The standard InChI is InChI=1S/C24H25N5O/c1-17-9-19(15-29(17)24(30)10-18-5-3-2-4-6-18)14-28-16-25-22-11-20(7-8-23(22)28)21-12-26-27-13-21/h2-8,11-13,16-17,19H,9-10,14-15H2,1H3,(H,26,27). The minimum absolute atomic E-state index is 0.219. The van der Waals surface area contributed by atoms with Crippen molar-refractivity contribution in [2.24, 2.45) is 5.92 Å². The van der Waals surface area contributed by atoms with E-state index in [1.54, 1.807) is 0 Å². The van der Waals surface area contributed by atoms with Gasteiger partial charge in [0.05, 0.1) is 30.0 Å². The van der Waals surface area contributed by atoms with Crippen molar-refractivity contribution in [3.05, 3.63) is 72.8 Å². The third kappa shape index (κ3) is 3.61. The quantitative estimate of drug-likeness (QED) is 0.553. The third-order valence-corrected chi connectivity index (χ3v) is 6.09. The van der Waals surface area contributed by atoms with Crippen LogP contribution >= 0.6 is 0 Å². The molecule has 6 heteroatoms. The highest BCUT2D eigenvalue weighted by molar-refractivity contribution is 5.82. The maximum atomic E-state index is 12.8. The van der Waals surface area contributed by atoms with E-state index in [-0.39, 0.29) is 11.9 Å². The predicted molar refractivity (Wildman–Crippen MR) is 117 cm³/mol. The summed E-state index contributed by atoms with van der Waals surface area (Å²) >= 11 is 0. The number of imidazole rings is 1. The van der Waals surface area contributed by atoms with E-state index in [9.17, 15) is 4.79 Å². The number of hydrogen-bond donors (Lipinski definition) is 1. The first-order valence-electron chi connectivity index (χ1n) is 10.4. The Labute approximate surface area is 175 Å². The largest absolute Gasteiger partial charge is 0.339 e. The van der Waals surface area contributed by atoms with Crippen molar-refractivity contribution in [2.45, 2.75) is 32.4 Å². The van der Waals surface area contributed by atoms with Crippen molar-refractivity contribution in [2.75, 3.05) is 6.54 Å². The summed E-state index contributed by atoms with van der Waals surface area (Å²) in [4.78, 5) is 19.5. The lowest BCUT2D eigenvalue weighted by Gasteiger charge is -2.21. The fourth-order valence-corrected chi connectivity index (χ4v) is 4.57. The lowest BCUT2D eigenvalue weighted by Crippen LogP contribution is -2.35. The van der Waals surface area contributed by atoms with Gasteiger partial charge in [0.15, 0.2) is 0 Å². The number of rotatable bonds is 5. The molecule has 152 valence electrons. The number of nitrogens with zero attached hydrogens (tertiary/aromatic N) is 4. The average Bonchev–Trinajstić information content (AvgIpc) is 3.49. The molecule has 3 heterocycles. The Hall–Kier alpha value is -3.41. The van der Waals surface area contributed by atoms with Crippen LogP contribution in [0.15, 0.2) is 67.3 Å². The monoisotopic (exact) mass is 399 g/mol. The number of hydrogen-bond acceptors (Lipinski definition) is 3. The number of aromatic amines is 1. The van der Waals surface area contributed by atoms with Crippen LogP contribution < -0.4 is 0 Å². The van der Waals surface area contributed by atoms with Gasteiger partial charge >= 0.3 is 0 Å². The van der Waals surface area contributed by atoms with Gasteiger partial charge in [0.25, 0.3) is 0 Å². The molecular formula is C24H25N5O.